The van der Waals surface area contributed by atoms with Crippen molar-refractivity contribution in [2.45, 2.75) is 51.0 Å². The molecule has 1 aliphatic carbocycles. The maximum Gasteiger partial charge on any atom is 0.174 e. The number of ketones is 1. The average molecular weight is 413 g/mol. The largest absolute Gasteiger partial charge is 0.384 e. The van der Waals surface area contributed by atoms with Gasteiger partial charge < -0.3 is 9.47 Å². The second-order valence-electron chi connectivity index (χ2n) is 8.60. The van der Waals surface area contributed by atoms with E-state index in [2.05, 4.69) is 26.0 Å². The Morgan fingerprint density at radius 1 is 1.10 bits per heavy atom. The molecule has 2 aromatic rings. The topological polar surface area (TPSA) is 35.5 Å². The molecule has 2 fully saturated rings. The molecule has 154 valence electrons. The molecule has 0 radical (unpaired) electrons. The zero-order chi connectivity index (χ0) is 20.6. The number of halogens is 1. The highest BCUT2D eigenvalue weighted by Gasteiger charge is 2.51. The number of benzene rings is 2. The van der Waals surface area contributed by atoms with Crippen molar-refractivity contribution in [3.05, 3.63) is 58.1 Å². The Labute approximate surface area is 178 Å². The molecule has 4 heteroatoms. The minimum atomic E-state index is -0.593. The molecule has 2 aromatic carbocycles. The van der Waals surface area contributed by atoms with E-state index >= 15 is 0 Å². The Morgan fingerprint density at radius 3 is 2.45 bits per heavy atom. The standard InChI is InChI=1S/C25H29ClO3/c1-16-4-9-21(19-5-7-20(26)8-6-19)17(2)23(16)22-15-29-25(24(22)27)12-10-18(11-13-25)14-28-3/h4-9,18,22H,10-15H2,1-3H3. The van der Waals surface area contributed by atoms with Gasteiger partial charge in [0.25, 0.3) is 0 Å². The van der Waals surface area contributed by atoms with Crippen LogP contribution in [0.15, 0.2) is 36.4 Å². The Kier molecular flexibility index (Phi) is 5.83. The summed E-state index contributed by atoms with van der Waals surface area (Å²) in [4.78, 5) is 13.6. The third-order valence-electron chi connectivity index (χ3n) is 6.84. The molecule has 0 N–H and O–H groups in total. The molecule has 1 saturated carbocycles. The van der Waals surface area contributed by atoms with Crippen LogP contribution in [0.1, 0.15) is 48.3 Å². The van der Waals surface area contributed by atoms with Gasteiger partial charge >= 0.3 is 0 Å². The summed E-state index contributed by atoms with van der Waals surface area (Å²) in [6.07, 6.45) is 3.61. The van der Waals surface area contributed by atoms with Crippen LogP contribution < -0.4 is 0 Å². The highest BCUT2D eigenvalue weighted by Crippen LogP contribution is 2.46. The first-order valence-electron chi connectivity index (χ1n) is 10.5. The second kappa shape index (κ2) is 8.22. The molecule has 1 aliphatic heterocycles. The van der Waals surface area contributed by atoms with Gasteiger partial charge in [0, 0.05) is 18.7 Å². The monoisotopic (exact) mass is 412 g/mol. The summed E-state index contributed by atoms with van der Waals surface area (Å²) in [6, 6.07) is 12.2. The lowest BCUT2D eigenvalue weighted by Crippen LogP contribution is -2.41. The van der Waals surface area contributed by atoms with Crippen molar-refractivity contribution in [1.29, 1.82) is 0 Å². The van der Waals surface area contributed by atoms with Gasteiger partial charge in [-0.1, -0.05) is 35.9 Å². The van der Waals surface area contributed by atoms with E-state index in [-0.39, 0.29) is 11.7 Å². The lowest BCUT2D eigenvalue weighted by Gasteiger charge is -2.35. The number of ether oxygens (including phenoxy) is 2. The highest BCUT2D eigenvalue weighted by molar-refractivity contribution is 6.30. The quantitative estimate of drug-likeness (QED) is 0.628. The zero-order valence-corrected chi connectivity index (χ0v) is 18.2. The van der Waals surface area contributed by atoms with Crippen molar-refractivity contribution in [2.24, 2.45) is 5.92 Å². The Bertz CT molecular complexity index is 895. The van der Waals surface area contributed by atoms with Crippen LogP contribution in [-0.2, 0) is 14.3 Å². The maximum atomic E-state index is 13.6. The first-order chi connectivity index (χ1) is 13.9. The fraction of sp³-hybridized carbons (Fsp3) is 0.480. The summed E-state index contributed by atoms with van der Waals surface area (Å²) in [5, 5.41) is 0.726. The van der Waals surface area contributed by atoms with E-state index < -0.39 is 5.60 Å². The molecular weight excluding hydrogens is 384 g/mol. The number of hydrogen-bond acceptors (Lipinski definition) is 3. The number of rotatable bonds is 4. The predicted octanol–water partition coefficient (Wildman–Crippen LogP) is 5.88. The van der Waals surface area contributed by atoms with E-state index in [0.29, 0.717) is 12.5 Å². The number of hydrogen-bond donors (Lipinski definition) is 0. The molecule has 0 bridgehead atoms. The minimum Gasteiger partial charge on any atom is -0.384 e. The van der Waals surface area contributed by atoms with Gasteiger partial charge in [0.05, 0.1) is 12.5 Å². The van der Waals surface area contributed by atoms with E-state index in [0.717, 1.165) is 59.6 Å². The molecule has 0 aromatic heterocycles. The smallest absolute Gasteiger partial charge is 0.174 e. The summed E-state index contributed by atoms with van der Waals surface area (Å²) in [6.45, 7) is 5.48. The molecule has 4 rings (SSSR count). The van der Waals surface area contributed by atoms with Gasteiger partial charge in [-0.05, 0) is 85.4 Å². The molecule has 2 aliphatic rings. The normalized spacial score (nSPS) is 27.0. The lowest BCUT2D eigenvalue weighted by molar-refractivity contribution is -0.136. The van der Waals surface area contributed by atoms with Crippen molar-refractivity contribution in [1.82, 2.24) is 0 Å². The van der Waals surface area contributed by atoms with E-state index in [9.17, 15) is 4.79 Å². The minimum absolute atomic E-state index is 0.179. The fourth-order valence-electron chi connectivity index (χ4n) is 5.20. The predicted molar refractivity (Wildman–Crippen MR) is 117 cm³/mol. The van der Waals surface area contributed by atoms with Gasteiger partial charge in [-0.15, -0.1) is 0 Å². The van der Waals surface area contributed by atoms with E-state index in [1.807, 2.05) is 24.3 Å². The van der Waals surface area contributed by atoms with Gasteiger partial charge in [0.2, 0.25) is 0 Å². The highest BCUT2D eigenvalue weighted by atomic mass is 35.5. The van der Waals surface area contributed by atoms with Crippen LogP contribution in [0.2, 0.25) is 5.02 Å². The number of aryl methyl sites for hydroxylation is 1. The van der Waals surface area contributed by atoms with E-state index in [4.69, 9.17) is 21.1 Å². The summed E-state index contributed by atoms with van der Waals surface area (Å²) in [5.74, 6) is 0.631. The molecule has 0 amide bonds. The first-order valence-corrected chi connectivity index (χ1v) is 10.9. The van der Waals surface area contributed by atoms with Crippen molar-refractivity contribution >= 4 is 17.4 Å². The van der Waals surface area contributed by atoms with Crippen molar-refractivity contribution in [3.8, 4) is 11.1 Å². The molecule has 1 saturated heterocycles. The molecule has 29 heavy (non-hydrogen) atoms. The molecule has 1 spiro atoms. The number of carbonyl (C=O) groups is 1. The van der Waals surface area contributed by atoms with Crippen molar-refractivity contribution in [2.75, 3.05) is 20.3 Å². The SMILES string of the molecule is COCC1CCC2(CC1)OCC(c1c(C)ccc(-c3ccc(Cl)cc3)c1C)C2=O. The molecule has 3 nitrogen and oxygen atoms in total. The molecular formula is C25H29ClO3. The van der Waals surface area contributed by atoms with Crippen LogP contribution in [0.5, 0.6) is 0 Å². The zero-order valence-electron chi connectivity index (χ0n) is 17.5. The Morgan fingerprint density at radius 2 is 1.79 bits per heavy atom. The van der Waals surface area contributed by atoms with Crippen LogP contribution in [-0.4, -0.2) is 31.7 Å². The van der Waals surface area contributed by atoms with E-state index in [1.165, 1.54) is 5.56 Å². The van der Waals surface area contributed by atoms with Crippen molar-refractivity contribution in [3.63, 3.8) is 0 Å². The second-order valence-corrected chi connectivity index (χ2v) is 9.03. The van der Waals surface area contributed by atoms with Crippen LogP contribution >= 0.6 is 11.6 Å². The van der Waals surface area contributed by atoms with Gasteiger partial charge in [-0.3, -0.25) is 4.79 Å². The van der Waals surface area contributed by atoms with Crippen LogP contribution in [0, 0.1) is 19.8 Å². The third kappa shape index (κ3) is 3.76. The third-order valence-corrected chi connectivity index (χ3v) is 7.10. The first kappa shape index (κ1) is 20.6. The van der Waals surface area contributed by atoms with Gasteiger partial charge in [-0.25, -0.2) is 0 Å². The molecule has 1 atom stereocenters. The summed E-state index contributed by atoms with van der Waals surface area (Å²) in [7, 11) is 1.75. The Hall–Kier alpha value is -1.68. The maximum absolute atomic E-state index is 13.6. The number of carbonyl (C=O) groups excluding carboxylic acids is 1. The van der Waals surface area contributed by atoms with Crippen molar-refractivity contribution < 1.29 is 14.3 Å². The number of methoxy groups -OCH3 is 1. The Balaban J connectivity index is 1.63. The van der Waals surface area contributed by atoms with E-state index in [1.54, 1.807) is 7.11 Å². The van der Waals surface area contributed by atoms with Crippen LogP contribution in [0.25, 0.3) is 11.1 Å². The molecule has 1 heterocycles. The van der Waals surface area contributed by atoms with Gasteiger partial charge in [0.15, 0.2) is 5.78 Å². The van der Waals surface area contributed by atoms with Crippen LogP contribution in [0.3, 0.4) is 0 Å². The van der Waals surface area contributed by atoms with Gasteiger partial charge in [0.1, 0.15) is 5.60 Å². The summed E-state index contributed by atoms with van der Waals surface area (Å²) < 4.78 is 11.6. The fourth-order valence-corrected chi connectivity index (χ4v) is 5.33. The molecule has 1 unspecified atom stereocenters. The average Bonchev–Trinajstić information content (AvgIpc) is 3.01. The van der Waals surface area contributed by atoms with Gasteiger partial charge in [-0.2, -0.15) is 0 Å². The van der Waals surface area contributed by atoms with Crippen LogP contribution in [0.4, 0.5) is 0 Å². The number of Topliss-reactive ketones (excluding diaryl/α,β-unsaturated/α-hetero) is 1. The lowest BCUT2D eigenvalue weighted by atomic mass is 9.73. The summed E-state index contributed by atoms with van der Waals surface area (Å²) >= 11 is 6.06. The summed E-state index contributed by atoms with van der Waals surface area (Å²) in [5.41, 5.74) is 5.14.